The van der Waals surface area contributed by atoms with Crippen LogP contribution in [0.25, 0.3) is 0 Å². The Kier molecular flexibility index (Phi) is 8.27. The number of esters is 1. The molecule has 1 amide bonds. The Morgan fingerprint density at radius 2 is 1.69 bits per heavy atom. The first-order valence-corrected chi connectivity index (χ1v) is 10.8. The van der Waals surface area contributed by atoms with Crippen molar-refractivity contribution in [2.45, 2.75) is 19.4 Å². The lowest BCUT2D eigenvalue weighted by Crippen LogP contribution is -2.12. The average Bonchev–Trinajstić information content (AvgIpc) is 2.82. The third kappa shape index (κ3) is 6.34. The van der Waals surface area contributed by atoms with Crippen LogP contribution in [0.5, 0.6) is 11.5 Å². The number of anilines is 1. The van der Waals surface area contributed by atoms with Gasteiger partial charge in [0, 0.05) is 22.1 Å². The second-order valence-electron chi connectivity index (χ2n) is 6.98. The molecule has 0 atom stereocenters. The average molecular weight is 498 g/mol. The fourth-order valence-corrected chi connectivity index (χ4v) is 3.45. The number of hydrogen-bond donors (Lipinski definition) is 1. The molecule has 0 radical (unpaired) electrons. The van der Waals surface area contributed by atoms with Crippen molar-refractivity contribution in [2.24, 2.45) is 0 Å². The molecule has 7 heteroatoms. The molecule has 0 aliphatic carbocycles. The smallest absolute Gasteiger partial charge is 0.337 e. The van der Waals surface area contributed by atoms with Crippen LogP contribution < -0.4 is 14.8 Å². The van der Waals surface area contributed by atoms with Gasteiger partial charge in [-0.05, 0) is 54.4 Å². The summed E-state index contributed by atoms with van der Waals surface area (Å²) < 4.78 is 17.0. The van der Waals surface area contributed by atoms with E-state index < -0.39 is 5.97 Å². The SMILES string of the molecule is COC(=O)c1ccc(NC(=O)CCc2ccc(OCc3ccccc3Br)c(OC)c2)cc1. The molecule has 32 heavy (non-hydrogen) atoms. The topological polar surface area (TPSA) is 73.9 Å². The summed E-state index contributed by atoms with van der Waals surface area (Å²) in [5.74, 6) is 0.722. The molecule has 3 aromatic rings. The lowest BCUT2D eigenvalue weighted by Gasteiger charge is -2.13. The van der Waals surface area contributed by atoms with Gasteiger partial charge < -0.3 is 19.5 Å². The van der Waals surface area contributed by atoms with E-state index in [0.717, 1.165) is 15.6 Å². The van der Waals surface area contributed by atoms with Crippen molar-refractivity contribution in [3.05, 3.63) is 87.9 Å². The summed E-state index contributed by atoms with van der Waals surface area (Å²) >= 11 is 3.52. The number of carbonyl (C=O) groups is 2. The monoisotopic (exact) mass is 497 g/mol. The number of nitrogens with one attached hydrogen (secondary N) is 1. The summed E-state index contributed by atoms with van der Waals surface area (Å²) in [6.45, 7) is 0.411. The molecule has 0 saturated heterocycles. The molecule has 6 nitrogen and oxygen atoms in total. The molecule has 0 heterocycles. The maximum absolute atomic E-state index is 12.3. The van der Waals surface area contributed by atoms with Crippen LogP contribution in [0.15, 0.2) is 71.2 Å². The highest BCUT2D eigenvalue weighted by molar-refractivity contribution is 9.10. The number of methoxy groups -OCH3 is 2. The van der Waals surface area contributed by atoms with E-state index in [1.807, 2.05) is 42.5 Å². The Morgan fingerprint density at radius 1 is 0.938 bits per heavy atom. The minimum atomic E-state index is -0.416. The normalized spacial score (nSPS) is 10.3. The van der Waals surface area contributed by atoms with E-state index in [-0.39, 0.29) is 5.91 Å². The predicted octanol–water partition coefficient (Wildman–Crippen LogP) is 5.39. The van der Waals surface area contributed by atoms with Crippen LogP contribution in [0.4, 0.5) is 5.69 Å². The van der Waals surface area contributed by atoms with Crippen molar-refractivity contribution in [3.8, 4) is 11.5 Å². The Bertz CT molecular complexity index is 1080. The van der Waals surface area contributed by atoms with Crippen LogP contribution >= 0.6 is 15.9 Å². The summed E-state index contributed by atoms with van der Waals surface area (Å²) in [5, 5.41) is 2.83. The molecule has 0 aromatic heterocycles. The summed E-state index contributed by atoms with van der Waals surface area (Å²) in [6.07, 6.45) is 0.853. The molecule has 0 spiro atoms. The predicted molar refractivity (Wildman–Crippen MR) is 126 cm³/mol. The van der Waals surface area contributed by atoms with Gasteiger partial charge in [-0.25, -0.2) is 4.79 Å². The third-order valence-corrected chi connectivity index (χ3v) is 5.57. The highest BCUT2D eigenvalue weighted by atomic mass is 79.9. The number of halogens is 1. The van der Waals surface area contributed by atoms with Gasteiger partial charge >= 0.3 is 5.97 Å². The Morgan fingerprint density at radius 3 is 2.38 bits per heavy atom. The zero-order valence-corrected chi connectivity index (χ0v) is 19.5. The zero-order valence-electron chi connectivity index (χ0n) is 17.9. The fraction of sp³-hybridized carbons (Fsp3) is 0.200. The maximum Gasteiger partial charge on any atom is 0.337 e. The first-order valence-electron chi connectivity index (χ1n) is 10.0. The van der Waals surface area contributed by atoms with E-state index in [2.05, 4.69) is 26.0 Å². The van der Waals surface area contributed by atoms with Crippen LogP contribution in [0.3, 0.4) is 0 Å². The molecular weight excluding hydrogens is 474 g/mol. The highest BCUT2D eigenvalue weighted by Crippen LogP contribution is 2.30. The summed E-state index contributed by atoms with van der Waals surface area (Å²) in [7, 11) is 2.92. The van der Waals surface area contributed by atoms with Crippen molar-refractivity contribution >= 4 is 33.5 Å². The first kappa shape index (κ1) is 23.3. The van der Waals surface area contributed by atoms with Gasteiger partial charge in [0.2, 0.25) is 5.91 Å². The molecule has 0 bridgehead atoms. The second kappa shape index (κ2) is 11.3. The molecule has 0 unspecified atom stereocenters. The van der Waals surface area contributed by atoms with Gasteiger partial charge in [0.25, 0.3) is 0 Å². The lowest BCUT2D eigenvalue weighted by atomic mass is 10.1. The number of ether oxygens (including phenoxy) is 3. The van der Waals surface area contributed by atoms with Gasteiger partial charge in [-0.2, -0.15) is 0 Å². The molecule has 166 valence electrons. The molecule has 0 aliphatic rings. The Hall–Kier alpha value is -3.32. The molecule has 3 rings (SSSR count). The number of amides is 1. The van der Waals surface area contributed by atoms with E-state index in [4.69, 9.17) is 9.47 Å². The van der Waals surface area contributed by atoms with E-state index in [1.165, 1.54) is 7.11 Å². The molecule has 1 N–H and O–H groups in total. The van der Waals surface area contributed by atoms with E-state index >= 15 is 0 Å². The number of hydrogen-bond acceptors (Lipinski definition) is 5. The van der Waals surface area contributed by atoms with Crippen molar-refractivity contribution in [2.75, 3.05) is 19.5 Å². The number of aryl methyl sites for hydroxylation is 1. The third-order valence-electron chi connectivity index (χ3n) is 4.80. The van der Waals surface area contributed by atoms with Gasteiger partial charge in [-0.1, -0.05) is 40.2 Å². The Balaban J connectivity index is 1.55. The largest absolute Gasteiger partial charge is 0.493 e. The zero-order chi connectivity index (χ0) is 22.9. The minimum absolute atomic E-state index is 0.121. The quantitative estimate of drug-likeness (QED) is 0.401. The van der Waals surface area contributed by atoms with Crippen molar-refractivity contribution in [1.29, 1.82) is 0 Å². The van der Waals surface area contributed by atoms with Crippen LogP contribution in [-0.2, 0) is 22.6 Å². The van der Waals surface area contributed by atoms with Gasteiger partial charge in [-0.3, -0.25) is 4.79 Å². The molecule has 0 aliphatic heterocycles. The van der Waals surface area contributed by atoms with Crippen molar-refractivity contribution in [3.63, 3.8) is 0 Å². The lowest BCUT2D eigenvalue weighted by molar-refractivity contribution is -0.116. The Labute approximate surface area is 195 Å². The number of rotatable bonds is 9. The summed E-state index contributed by atoms with van der Waals surface area (Å²) in [5.41, 5.74) is 3.05. The number of benzene rings is 3. The van der Waals surface area contributed by atoms with Gasteiger partial charge in [0.05, 0.1) is 19.8 Å². The molecule has 3 aromatic carbocycles. The standard InChI is InChI=1S/C25H24BrNO5/c1-30-23-15-17(7-13-22(23)32-16-19-5-3-4-6-21(19)26)8-14-24(28)27-20-11-9-18(10-12-20)25(29)31-2/h3-7,9-13,15H,8,14,16H2,1-2H3,(H,27,28). The molecule has 0 saturated carbocycles. The minimum Gasteiger partial charge on any atom is -0.493 e. The van der Waals surface area contributed by atoms with Crippen LogP contribution in [-0.4, -0.2) is 26.1 Å². The maximum atomic E-state index is 12.3. The van der Waals surface area contributed by atoms with Gasteiger partial charge in [0.1, 0.15) is 6.61 Å². The van der Waals surface area contributed by atoms with Crippen molar-refractivity contribution < 1.29 is 23.8 Å². The van der Waals surface area contributed by atoms with E-state index in [9.17, 15) is 9.59 Å². The second-order valence-corrected chi connectivity index (χ2v) is 7.84. The number of carbonyl (C=O) groups excluding carboxylic acids is 2. The summed E-state index contributed by atoms with van der Waals surface area (Å²) in [6, 6.07) is 20.1. The molecular formula is C25H24BrNO5. The fourth-order valence-electron chi connectivity index (χ4n) is 3.05. The summed E-state index contributed by atoms with van der Waals surface area (Å²) in [4.78, 5) is 23.8. The first-order chi connectivity index (χ1) is 15.5. The van der Waals surface area contributed by atoms with Crippen LogP contribution in [0, 0.1) is 0 Å². The van der Waals surface area contributed by atoms with E-state index in [0.29, 0.717) is 42.2 Å². The van der Waals surface area contributed by atoms with Gasteiger partial charge in [-0.15, -0.1) is 0 Å². The van der Waals surface area contributed by atoms with Crippen LogP contribution in [0.1, 0.15) is 27.9 Å². The van der Waals surface area contributed by atoms with Gasteiger partial charge in [0.15, 0.2) is 11.5 Å². The highest BCUT2D eigenvalue weighted by Gasteiger charge is 2.10. The molecule has 0 fully saturated rings. The van der Waals surface area contributed by atoms with Crippen LogP contribution in [0.2, 0.25) is 0 Å². The van der Waals surface area contributed by atoms with Crippen molar-refractivity contribution in [1.82, 2.24) is 0 Å². The van der Waals surface area contributed by atoms with E-state index in [1.54, 1.807) is 31.4 Å².